The molecule has 0 N–H and O–H groups in total. The van der Waals surface area contributed by atoms with Crippen LogP contribution in [-0.2, 0) is 15.8 Å². The van der Waals surface area contributed by atoms with Gasteiger partial charge in [-0.2, -0.15) is 0 Å². The zero-order valence-corrected chi connectivity index (χ0v) is 13.0. The Bertz CT molecular complexity index is 522. The van der Waals surface area contributed by atoms with E-state index in [1.54, 1.807) is 12.1 Å². The van der Waals surface area contributed by atoms with Crippen LogP contribution in [0.4, 0.5) is 5.69 Å². The Kier molecular flexibility index (Phi) is 3.83. The second-order valence-corrected chi connectivity index (χ2v) is 8.43. The van der Waals surface area contributed by atoms with Crippen LogP contribution in [0.1, 0.15) is 0 Å². The summed E-state index contributed by atoms with van der Waals surface area (Å²) in [5.74, 6) is -0.864. The molecule has 98 valence electrons. The van der Waals surface area contributed by atoms with Gasteiger partial charge in [0, 0.05) is 5.02 Å². The van der Waals surface area contributed by atoms with E-state index in [4.69, 9.17) is 58.0 Å². The minimum Gasteiger partial charge on any atom is -0.270 e. The number of rotatable bonds is 1. The molecule has 1 saturated heterocycles. The monoisotopic (exact) mass is 365 g/mol. The Labute approximate surface area is 130 Å². The number of hydrogen-bond donors (Lipinski definition) is 0. The van der Waals surface area contributed by atoms with Gasteiger partial charge in [-0.25, -0.2) is 8.51 Å². The number of halogens is 5. The predicted octanol–water partition coefficient (Wildman–Crippen LogP) is 3.66. The van der Waals surface area contributed by atoms with Gasteiger partial charge >= 0.3 is 0 Å². The van der Waals surface area contributed by atoms with Crippen molar-refractivity contribution in [3.05, 3.63) is 29.3 Å². The summed E-state index contributed by atoms with van der Waals surface area (Å²) in [6.07, 6.45) is 0. The summed E-state index contributed by atoms with van der Waals surface area (Å²) in [5, 5.41) is 0.355. The van der Waals surface area contributed by atoms with Gasteiger partial charge in [-0.15, -0.1) is 0 Å². The number of carbonyl (C=O) groups excluding carboxylic acids is 1. The van der Waals surface area contributed by atoms with Gasteiger partial charge in [0.05, 0.1) is 5.69 Å². The summed E-state index contributed by atoms with van der Waals surface area (Å²) in [5.41, 5.74) is 0.250. The zero-order chi connectivity index (χ0) is 13.7. The largest absolute Gasteiger partial charge is 0.279 e. The highest BCUT2D eigenvalue weighted by molar-refractivity contribution is 7.92. The average Bonchev–Trinajstić information content (AvgIpc) is 2.38. The second-order valence-electron chi connectivity index (χ2n) is 3.42. The van der Waals surface area contributed by atoms with Gasteiger partial charge in [-0.05, 0) is 18.2 Å². The summed E-state index contributed by atoms with van der Waals surface area (Å²) >= 11 is 28.9. The van der Waals surface area contributed by atoms with Crippen molar-refractivity contribution in [2.45, 2.75) is 8.00 Å². The maximum absolute atomic E-state index is 12.1. The highest BCUT2D eigenvalue weighted by Crippen LogP contribution is 2.53. The molecule has 1 aliphatic heterocycles. The molecule has 1 aliphatic rings. The lowest BCUT2D eigenvalue weighted by Crippen LogP contribution is -2.37. The van der Waals surface area contributed by atoms with E-state index in [1.807, 2.05) is 0 Å². The maximum Gasteiger partial charge on any atom is 0.279 e. The minimum absolute atomic E-state index is 0.250. The second kappa shape index (κ2) is 4.69. The van der Waals surface area contributed by atoms with E-state index in [-0.39, 0.29) is 5.69 Å². The number of alkyl halides is 4. The number of carbonyl (C=O) groups is 1. The Morgan fingerprint density at radius 2 is 1.78 bits per heavy atom. The third kappa shape index (κ3) is 2.03. The van der Waals surface area contributed by atoms with Crippen LogP contribution in [0.5, 0.6) is 0 Å². The van der Waals surface area contributed by atoms with Crippen molar-refractivity contribution >= 4 is 80.6 Å². The molecule has 0 bridgehead atoms. The topological polar surface area (TPSA) is 37.4 Å². The van der Waals surface area contributed by atoms with Gasteiger partial charge in [0.2, 0.25) is 4.33 Å². The minimum atomic E-state index is -2.19. The Hall–Kier alpha value is 0.290. The number of hydrogen-bond acceptors (Lipinski definition) is 2. The molecular weight excluding hydrogens is 363 g/mol. The molecule has 0 aliphatic carbocycles. The first-order valence-corrected chi connectivity index (χ1v) is 7.47. The molecule has 9 heteroatoms. The lowest BCUT2D eigenvalue weighted by atomic mass is 10.3. The van der Waals surface area contributed by atoms with Gasteiger partial charge < -0.3 is 0 Å². The molecule has 18 heavy (non-hydrogen) atoms. The molecule has 3 nitrogen and oxygen atoms in total. The predicted molar refractivity (Wildman–Crippen MR) is 76.0 cm³/mol. The first-order valence-electron chi connectivity index (χ1n) is 4.47. The molecule has 0 spiro atoms. The molecular formula is C9H4Cl5NO2S. The van der Waals surface area contributed by atoms with E-state index in [0.717, 1.165) is 4.31 Å². The van der Waals surface area contributed by atoms with Gasteiger partial charge in [0.25, 0.3) is 9.57 Å². The molecule has 0 radical (unpaired) electrons. The van der Waals surface area contributed by atoms with Gasteiger partial charge in [-0.1, -0.05) is 64.1 Å². The molecule has 1 aromatic carbocycles. The zero-order valence-electron chi connectivity index (χ0n) is 8.37. The smallest absolute Gasteiger partial charge is 0.270 e. The van der Waals surface area contributed by atoms with Crippen molar-refractivity contribution in [2.75, 3.05) is 4.31 Å². The van der Waals surface area contributed by atoms with Crippen molar-refractivity contribution in [1.82, 2.24) is 0 Å². The van der Waals surface area contributed by atoms with Crippen LogP contribution in [0.2, 0.25) is 5.02 Å². The third-order valence-electron chi connectivity index (χ3n) is 2.25. The molecule has 1 unspecified atom stereocenters. The highest BCUT2D eigenvalue weighted by Gasteiger charge is 2.68. The van der Waals surface area contributed by atoms with E-state index < -0.39 is 24.9 Å². The van der Waals surface area contributed by atoms with Crippen LogP contribution in [0, 0.1) is 0 Å². The summed E-state index contributed by atoms with van der Waals surface area (Å²) in [6.45, 7) is 0. The van der Waals surface area contributed by atoms with Crippen LogP contribution < -0.4 is 4.31 Å². The molecule has 1 fully saturated rings. The third-order valence-corrected chi connectivity index (χ3v) is 6.79. The van der Waals surface area contributed by atoms with Gasteiger partial charge in [-0.3, -0.25) is 4.79 Å². The van der Waals surface area contributed by atoms with Crippen LogP contribution in [-0.4, -0.2) is 18.1 Å². The van der Waals surface area contributed by atoms with E-state index in [2.05, 4.69) is 0 Å². The normalized spacial score (nSPS) is 25.5. The van der Waals surface area contributed by atoms with Crippen LogP contribution >= 0.6 is 58.0 Å². The summed E-state index contributed by atoms with van der Waals surface area (Å²) in [4.78, 5) is 12.0. The van der Waals surface area contributed by atoms with E-state index in [9.17, 15) is 9.00 Å². The Morgan fingerprint density at radius 3 is 2.22 bits per heavy atom. The highest BCUT2D eigenvalue weighted by atomic mass is 35.5. The Morgan fingerprint density at radius 1 is 1.17 bits per heavy atom. The quantitative estimate of drug-likeness (QED) is 0.711. The summed E-state index contributed by atoms with van der Waals surface area (Å²) in [7, 11) is -2.14. The van der Waals surface area contributed by atoms with E-state index in [0.29, 0.717) is 5.02 Å². The van der Waals surface area contributed by atoms with Crippen molar-refractivity contribution in [1.29, 1.82) is 0 Å². The van der Waals surface area contributed by atoms with Crippen molar-refractivity contribution in [3.8, 4) is 0 Å². The molecule has 2 rings (SSSR count). The van der Waals surface area contributed by atoms with Crippen molar-refractivity contribution in [3.63, 3.8) is 0 Å². The lowest BCUT2D eigenvalue weighted by Gasteiger charge is -2.18. The van der Waals surface area contributed by atoms with Gasteiger partial charge in [0.15, 0.2) is 11.0 Å². The lowest BCUT2D eigenvalue weighted by molar-refractivity contribution is -0.117. The standard InChI is InChI=1S/C9H4Cl5NO2S/c10-5-2-1-3-6(4-5)15-7(16)8(11,12)9(13,14)18(15)17/h1-4H. The molecule has 1 atom stereocenters. The van der Waals surface area contributed by atoms with Crippen LogP contribution in [0.15, 0.2) is 24.3 Å². The number of amides is 1. The molecule has 1 amide bonds. The summed E-state index contributed by atoms with van der Waals surface area (Å²) in [6, 6.07) is 6.11. The van der Waals surface area contributed by atoms with Crippen LogP contribution in [0.3, 0.4) is 0 Å². The van der Waals surface area contributed by atoms with Crippen molar-refractivity contribution in [2.24, 2.45) is 0 Å². The fraction of sp³-hybridized carbons (Fsp3) is 0.222. The van der Waals surface area contributed by atoms with E-state index in [1.165, 1.54) is 12.1 Å². The first-order chi connectivity index (χ1) is 8.19. The SMILES string of the molecule is O=C1N(c2cccc(Cl)c2)S(=O)C(Cl)(Cl)C1(Cl)Cl. The number of anilines is 1. The molecule has 0 saturated carbocycles. The number of benzene rings is 1. The number of nitrogens with zero attached hydrogens (tertiary/aromatic N) is 1. The molecule has 1 aromatic rings. The Balaban J connectivity index is 2.55. The van der Waals surface area contributed by atoms with Gasteiger partial charge in [0.1, 0.15) is 0 Å². The summed E-state index contributed by atoms with van der Waals surface area (Å²) < 4.78 is 8.61. The average molecular weight is 367 g/mol. The fourth-order valence-electron chi connectivity index (χ4n) is 1.37. The van der Waals surface area contributed by atoms with Crippen LogP contribution in [0.25, 0.3) is 0 Å². The first kappa shape index (κ1) is 14.7. The fourth-order valence-corrected chi connectivity index (χ4v) is 3.92. The molecule has 1 heterocycles. The van der Waals surface area contributed by atoms with E-state index >= 15 is 0 Å². The molecule has 0 aromatic heterocycles. The maximum atomic E-state index is 12.1. The van der Waals surface area contributed by atoms with Crippen molar-refractivity contribution < 1.29 is 9.00 Å².